The van der Waals surface area contributed by atoms with E-state index in [1.807, 2.05) is 24.3 Å². The summed E-state index contributed by atoms with van der Waals surface area (Å²) in [5.74, 6) is 1.37. The van der Waals surface area contributed by atoms with Gasteiger partial charge in [0.25, 0.3) is 5.91 Å². The number of hydrogen-bond acceptors (Lipinski definition) is 5. The molecule has 136 valence electrons. The topological polar surface area (TPSA) is 69.2 Å². The second-order valence-corrected chi connectivity index (χ2v) is 5.96. The summed E-state index contributed by atoms with van der Waals surface area (Å²) in [5, 5.41) is 3.90. The van der Waals surface area contributed by atoms with Gasteiger partial charge in [0.05, 0.1) is 13.3 Å². The lowest BCUT2D eigenvalue weighted by molar-refractivity contribution is -0.123. The first kappa shape index (κ1) is 19.5. The van der Waals surface area contributed by atoms with Crippen LogP contribution in [0.25, 0.3) is 0 Å². The number of rotatable bonds is 9. The van der Waals surface area contributed by atoms with Gasteiger partial charge in [-0.3, -0.25) is 4.79 Å². The normalized spacial score (nSPS) is 10.4. The summed E-state index contributed by atoms with van der Waals surface area (Å²) in [6, 6.07) is 12.6. The summed E-state index contributed by atoms with van der Waals surface area (Å²) in [5.41, 5.74) is 3.24. The van der Waals surface area contributed by atoms with Gasteiger partial charge in [-0.05, 0) is 48.0 Å². The predicted octanol–water partition coefficient (Wildman–Crippen LogP) is 3.55. The molecule has 2 aromatic rings. The number of nitrogens with zero attached hydrogens (tertiary/aromatic N) is 1. The van der Waals surface area contributed by atoms with Crippen molar-refractivity contribution < 1.29 is 19.0 Å². The number of hydrogen-bond donors (Lipinski definition) is 1. The first-order valence-electron chi connectivity index (χ1n) is 7.74. The lowest BCUT2D eigenvalue weighted by atomic mass is 10.2. The number of methoxy groups -OCH3 is 1. The Balaban J connectivity index is 1.81. The molecule has 0 bridgehead atoms. The van der Waals surface area contributed by atoms with Crippen LogP contribution >= 0.6 is 15.9 Å². The molecule has 0 radical (unpaired) electrons. The molecular weight excluding hydrogens is 400 g/mol. The smallest absolute Gasteiger partial charge is 0.277 e. The molecule has 0 saturated heterocycles. The molecule has 1 amide bonds. The van der Waals surface area contributed by atoms with Crippen molar-refractivity contribution >= 4 is 28.1 Å². The van der Waals surface area contributed by atoms with Crippen LogP contribution in [0, 0.1) is 0 Å². The number of amides is 1. The van der Waals surface area contributed by atoms with E-state index in [0.717, 1.165) is 15.8 Å². The molecule has 0 aromatic heterocycles. The van der Waals surface area contributed by atoms with Gasteiger partial charge >= 0.3 is 0 Å². The minimum absolute atomic E-state index is 0.177. The van der Waals surface area contributed by atoms with Crippen LogP contribution < -0.4 is 19.6 Å². The monoisotopic (exact) mass is 418 g/mol. The van der Waals surface area contributed by atoms with Crippen molar-refractivity contribution in [1.29, 1.82) is 0 Å². The molecular formula is C19H19BrN2O4. The quantitative estimate of drug-likeness (QED) is 0.384. The van der Waals surface area contributed by atoms with E-state index in [9.17, 15) is 4.79 Å². The molecule has 0 aliphatic heterocycles. The van der Waals surface area contributed by atoms with E-state index in [2.05, 4.69) is 33.0 Å². The van der Waals surface area contributed by atoms with Gasteiger partial charge in [0.2, 0.25) is 0 Å². The Morgan fingerprint density at radius 3 is 2.65 bits per heavy atom. The van der Waals surface area contributed by atoms with Crippen LogP contribution in [0.1, 0.15) is 5.56 Å². The van der Waals surface area contributed by atoms with Gasteiger partial charge in [-0.2, -0.15) is 5.10 Å². The molecule has 0 aliphatic rings. The fraction of sp³-hybridized carbons (Fsp3) is 0.158. The number of nitrogens with one attached hydrogen (secondary N) is 1. The third-order valence-electron chi connectivity index (χ3n) is 3.14. The molecule has 7 heteroatoms. The van der Waals surface area contributed by atoms with Crippen LogP contribution in [0.2, 0.25) is 0 Å². The van der Waals surface area contributed by atoms with Crippen LogP contribution in [0.5, 0.6) is 17.2 Å². The summed E-state index contributed by atoms with van der Waals surface area (Å²) < 4.78 is 16.9. The molecule has 1 N–H and O–H groups in total. The van der Waals surface area contributed by atoms with Gasteiger partial charge in [-0.15, -0.1) is 0 Å². The second-order valence-electron chi connectivity index (χ2n) is 5.05. The Labute approximate surface area is 160 Å². The molecule has 0 spiro atoms. The summed E-state index contributed by atoms with van der Waals surface area (Å²) in [4.78, 5) is 11.8. The molecule has 26 heavy (non-hydrogen) atoms. The lowest BCUT2D eigenvalue weighted by Crippen LogP contribution is -2.24. The maximum atomic E-state index is 11.8. The molecule has 0 unspecified atom stereocenters. The first-order valence-corrected chi connectivity index (χ1v) is 8.53. The van der Waals surface area contributed by atoms with Crippen LogP contribution in [0.4, 0.5) is 0 Å². The molecule has 0 saturated carbocycles. The number of carbonyl (C=O) groups is 1. The van der Waals surface area contributed by atoms with E-state index in [0.29, 0.717) is 18.1 Å². The molecule has 0 aliphatic carbocycles. The van der Waals surface area contributed by atoms with Crippen molar-refractivity contribution in [2.45, 2.75) is 0 Å². The van der Waals surface area contributed by atoms with Crippen molar-refractivity contribution in [3.8, 4) is 17.2 Å². The van der Waals surface area contributed by atoms with Crippen LogP contribution in [-0.4, -0.2) is 32.4 Å². The molecule has 0 heterocycles. The molecule has 0 atom stereocenters. The van der Waals surface area contributed by atoms with Crippen LogP contribution in [0.3, 0.4) is 0 Å². The number of hydrazone groups is 1. The second kappa shape index (κ2) is 10.2. The summed E-state index contributed by atoms with van der Waals surface area (Å²) in [6.45, 7) is 3.87. The van der Waals surface area contributed by atoms with E-state index in [4.69, 9.17) is 14.2 Å². The summed E-state index contributed by atoms with van der Waals surface area (Å²) >= 11 is 3.34. The highest BCUT2D eigenvalue weighted by Gasteiger charge is 2.07. The number of ether oxygens (including phenoxy) is 3. The van der Waals surface area contributed by atoms with Crippen molar-refractivity contribution in [2.75, 3.05) is 20.3 Å². The molecule has 2 aromatic carbocycles. The van der Waals surface area contributed by atoms with Gasteiger partial charge in [-0.1, -0.05) is 28.6 Å². The SMILES string of the molecule is C=CCOc1ccc(C=NNC(=O)COc2ccc(Br)cc2OC)cc1. The van der Waals surface area contributed by atoms with E-state index in [1.165, 1.54) is 13.3 Å². The zero-order valence-electron chi connectivity index (χ0n) is 14.3. The van der Waals surface area contributed by atoms with E-state index >= 15 is 0 Å². The molecule has 0 fully saturated rings. The third kappa shape index (κ3) is 6.25. The van der Waals surface area contributed by atoms with Gasteiger partial charge in [0.15, 0.2) is 18.1 Å². The highest BCUT2D eigenvalue weighted by molar-refractivity contribution is 9.10. The van der Waals surface area contributed by atoms with Gasteiger partial charge in [0.1, 0.15) is 12.4 Å². The Morgan fingerprint density at radius 2 is 1.96 bits per heavy atom. The Hall–Kier alpha value is -2.80. The van der Waals surface area contributed by atoms with E-state index < -0.39 is 0 Å². The maximum absolute atomic E-state index is 11.8. The Morgan fingerprint density at radius 1 is 1.19 bits per heavy atom. The Bertz CT molecular complexity index is 776. The zero-order chi connectivity index (χ0) is 18.8. The third-order valence-corrected chi connectivity index (χ3v) is 3.63. The molecule has 2 rings (SSSR count). The standard InChI is InChI=1S/C19H19BrN2O4/c1-3-10-25-16-7-4-14(5-8-16)12-21-22-19(23)13-26-17-9-6-15(20)11-18(17)24-2/h3-9,11-12H,1,10,13H2,2H3,(H,22,23). The van der Waals surface area contributed by atoms with Gasteiger partial charge < -0.3 is 14.2 Å². The fourth-order valence-electron chi connectivity index (χ4n) is 1.92. The largest absolute Gasteiger partial charge is 0.493 e. The van der Waals surface area contributed by atoms with Crippen molar-refractivity contribution in [3.05, 3.63) is 65.2 Å². The predicted molar refractivity (Wildman–Crippen MR) is 104 cm³/mol. The highest BCUT2D eigenvalue weighted by atomic mass is 79.9. The van der Waals surface area contributed by atoms with Crippen molar-refractivity contribution in [3.63, 3.8) is 0 Å². The number of benzene rings is 2. The number of carbonyl (C=O) groups excluding carboxylic acids is 1. The highest BCUT2D eigenvalue weighted by Crippen LogP contribution is 2.29. The minimum atomic E-state index is -0.378. The fourth-order valence-corrected chi connectivity index (χ4v) is 2.26. The summed E-state index contributed by atoms with van der Waals surface area (Å²) in [7, 11) is 1.53. The zero-order valence-corrected chi connectivity index (χ0v) is 15.9. The maximum Gasteiger partial charge on any atom is 0.277 e. The van der Waals surface area contributed by atoms with Crippen molar-refractivity contribution in [2.24, 2.45) is 5.10 Å². The van der Waals surface area contributed by atoms with E-state index in [1.54, 1.807) is 24.3 Å². The van der Waals surface area contributed by atoms with Gasteiger partial charge in [-0.25, -0.2) is 5.43 Å². The first-order chi connectivity index (χ1) is 12.6. The van der Waals surface area contributed by atoms with Gasteiger partial charge in [0, 0.05) is 4.47 Å². The average molecular weight is 419 g/mol. The van der Waals surface area contributed by atoms with E-state index in [-0.39, 0.29) is 12.5 Å². The Kier molecular flexibility index (Phi) is 7.70. The average Bonchev–Trinajstić information content (AvgIpc) is 2.66. The van der Waals surface area contributed by atoms with Crippen LogP contribution in [-0.2, 0) is 4.79 Å². The summed E-state index contributed by atoms with van der Waals surface area (Å²) in [6.07, 6.45) is 3.21. The van der Waals surface area contributed by atoms with Crippen LogP contribution in [0.15, 0.2) is 64.7 Å². The minimum Gasteiger partial charge on any atom is -0.493 e. The molecule has 6 nitrogen and oxygen atoms in total. The van der Waals surface area contributed by atoms with Crippen molar-refractivity contribution in [1.82, 2.24) is 5.43 Å². The number of halogens is 1. The lowest BCUT2D eigenvalue weighted by Gasteiger charge is -2.10.